The largest absolute Gasteiger partial charge is 0.468 e. The van der Waals surface area contributed by atoms with Gasteiger partial charge in [-0.3, -0.25) is 0 Å². The van der Waals surface area contributed by atoms with E-state index in [1.165, 1.54) is 0 Å². The SMILES string of the molecule is CCCNC(C#N)CSc1ccoc1C. The molecule has 82 valence electrons. The van der Waals surface area contributed by atoms with E-state index >= 15 is 0 Å². The second kappa shape index (κ2) is 6.54. The third-order valence-corrected chi connectivity index (χ3v) is 3.25. The summed E-state index contributed by atoms with van der Waals surface area (Å²) in [5.74, 6) is 1.68. The predicted molar refractivity (Wildman–Crippen MR) is 61.9 cm³/mol. The summed E-state index contributed by atoms with van der Waals surface area (Å²) in [6.07, 6.45) is 2.73. The first-order chi connectivity index (χ1) is 7.27. The van der Waals surface area contributed by atoms with Crippen LogP contribution in [-0.4, -0.2) is 18.3 Å². The number of hydrogen-bond donors (Lipinski definition) is 1. The first-order valence-electron chi connectivity index (χ1n) is 5.07. The lowest BCUT2D eigenvalue weighted by Gasteiger charge is -2.09. The summed E-state index contributed by atoms with van der Waals surface area (Å²) < 4.78 is 5.19. The van der Waals surface area contributed by atoms with E-state index in [9.17, 15) is 0 Å². The molecule has 0 radical (unpaired) electrons. The maximum atomic E-state index is 8.90. The van der Waals surface area contributed by atoms with Crippen LogP contribution in [0.1, 0.15) is 19.1 Å². The number of nitrogens with one attached hydrogen (secondary N) is 1. The Morgan fingerprint density at radius 3 is 3.00 bits per heavy atom. The summed E-state index contributed by atoms with van der Waals surface area (Å²) in [6, 6.07) is 4.12. The second-order valence-corrected chi connectivity index (χ2v) is 4.35. The van der Waals surface area contributed by atoms with Crippen LogP contribution in [0.4, 0.5) is 0 Å². The van der Waals surface area contributed by atoms with Crippen molar-refractivity contribution in [2.75, 3.05) is 12.3 Å². The fourth-order valence-electron chi connectivity index (χ4n) is 1.16. The molecule has 0 spiro atoms. The Morgan fingerprint density at radius 2 is 2.47 bits per heavy atom. The Kier molecular flexibility index (Phi) is 5.30. The third kappa shape index (κ3) is 3.98. The van der Waals surface area contributed by atoms with Gasteiger partial charge in [-0.1, -0.05) is 6.92 Å². The molecule has 0 aliphatic heterocycles. The van der Waals surface area contributed by atoms with E-state index in [1.807, 2.05) is 13.0 Å². The van der Waals surface area contributed by atoms with Crippen LogP contribution in [0.15, 0.2) is 21.6 Å². The molecule has 3 nitrogen and oxygen atoms in total. The Hall–Kier alpha value is -0.920. The highest BCUT2D eigenvalue weighted by Crippen LogP contribution is 2.23. The number of nitrogens with zero attached hydrogens (tertiary/aromatic N) is 1. The lowest BCUT2D eigenvalue weighted by molar-refractivity contribution is 0.527. The van der Waals surface area contributed by atoms with Gasteiger partial charge in [0.25, 0.3) is 0 Å². The smallest absolute Gasteiger partial charge is 0.114 e. The minimum Gasteiger partial charge on any atom is -0.468 e. The summed E-state index contributed by atoms with van der Waals surface area (Å²) in [5, 5.41) is 12.1. The third-order valence-electron chi connectivity index (χ3n) is 2.01. The minimum atomic E-state index is -0.0794. The van der Waals surface area contributed by atoms with Gasteiger partial charge in [-0.05, 0) is 26.0 Å². The van der Waals surface area contributed by atoms with Gasteiger partial charge in [0.15, 0.2) is 0 Å². The van der Waals surface area contributed by atoms with E-state index < -0.39 is 0 Å². The van der Waals surface area contributed by atoms with Crippen LogP contribution >= 0.6 is 11.8 Å². The fourth-order valence-corrected chi connectivity index (χ4v) is 2.10. The number of nitriles is 1. The van der Waals surface area contributed by atoms with Crippen molar-refractivity contribution in [2.24, 2.45) is 0 Å². The van der Waals surface area contributed by atoms with Gasteiger partial charge in [0, 0.05) is 10.6 Å². The minimum absolute atomic E-state index is 0.0794. The van der Waals surface area contributed by atoms with Gasteiger partial charge in [0.1, 0.15) is 11.8 Å². The van der Waals surface area contributed by atoms with Gasteiger partial charge >= 0.3 is 0 Å². The molecule has 0 bridgehead atoms. The van der Waals surface area contributed by atoms with E-state index in [0.717, 1.165) is 29.4 Å². The van der Waals surface area contributed by atoms with Gasteiger partial charge in [0.2, 0.25) is 0 Å². The summed E-state index contributed by atoms with van der Waals surface area (Å²) in [7, 11) is 0. The van der Waals surface area contributed by atoms with Gasteiger partial charge in [0.05, 0.1) is 12.3 Å². The van der Waals surface area contributed by atoms with E-state index in [2.05, 4.69) is 18.3 Å². The summed E-state index contributed by atoms with van der Waals surface area (Å²) in [5.41, 5.74) is 0. The van der Waals surface area contributed by atoms with Crippen molar-refractivity contribution in [3.63, 3.8) is 0 Å². The summed E-state index contributed by atoms with van der Waals surface area (Å²) in [6.45, 7) is 4.92. The molecular formula is C11H16N2OS. The monoisotopic (exact) mass is 224 g/mol. The molecule has 0 fully saturated rings. The first kappa shape index (κ1) is 12.2. The maximum absolute atomic E-state index is 8.90. The Morgan fingerprint density at radius 1 is 1.67 bits per heavy atom. The molecule has 1 atom stereocenters. The van der Waals surface area contributed by atoms with Crippen molar-refractivity contribution in [1.29, 1.82) is 5.26 Å². The normalized spacial score (nSPS) is 12.3. The molecule has 0 aliphatic carbocycles. The van der Waals surface area contributed by atoms with Crippen LogP contribution in [-0.2, 0) is 0 Å². The van der Waals surface area contributed by atoms with E-state index in [-0.39, 0.29) is 6.04 Å². The van der Waals surface area contributed by atoms with Crippen molar-refractivity contribution in [1.82, 2.24) is 5.32 Å². The van der Waals surface area contributed by atoms with Crippen LogP contribution < -0.4 is 5.32 Å². The van der Waals surface area contributed by atoms with Crippen molar-refractivity contribution in [2.45, 2.75) is 31.2 Å². The van der Waals surface area contributed by atoms with Crippen LogP contribution in [0.5, 0.6) is 0 Å². The van der Waals surface area contributed by atoms with Gasteiger partial charge in [-0.15, -0.1) is 11.8 Å². The highest BCUT2D eigenvalue weighted by atomic mass is 32.2. The zero-order valence-electron chi connectivity index (χ0n) is 9.12. The molecule has 15 heavy (non-hydrogen) atoms. The molecule has 1 aromatic rings. The molecule has 0 aliphatic rings. The number of rotatable bonds is 6. The predicted octanol–water partition coefficient (Wildman–Crippen LogP) is 2.57. The summed E-state index contributed by atoms with van der Waals surface area (Å²) in [4.78, 5) is 1.12. The topological polar surface area (TPSA) is 49.0 Å². The average Bonchev–Trinajstić information content (AvgIpc) is 2.65. The average molecular weight is 224 g/mol. The zero-order chi connectivity index (χ0) is 11.1. The number of aryl methyl sites for hydroxylation is 1. The molecule has 0 saturated carbocycles. The molecule has 1 heterocycles. The lowest BCUT2D eigenvalue weighted by Crippen LogP contribution is -2.30. The number of hydrogen-bond acceptors (Lipinski definition) is 4. The summed E-state index contributed by atoms with van der Waals surface area (Å²) >= 11 is 1.66. The molecule has 4 heteroatoms. The van der Waals surface area contributed by atoms with Gasteiger partial charge in [-0.25, -0.2) is 0 Å². The van der Waals surface area contributed by atoms with Crippen LogP contribution in [0.2, 0.25) is 0 Å². The maximum Gasteiger partial charge on any atom is 0.114 e. The molecular weight excluding hydrogens is 208 g/mol. The zero-order valence-corrected chi connectivity index (χ0v) is 9.93. The highest BCUT2D eigenvalue weighted by molar-refractivity contribution is 7.99. The van der Waals surface area contributed by atoms with E-state index in [0.29, 0.717) is 0 Å². The van der Waals surface area contributed by atoms with Crippen molar-refractivity contribution in [3.05, 3.63) is 18.1 Å². The lowest BCUT2D eigenvalue weighted by atomic mass is 10.3. The van der Waals surface area contributed by atoms with E-state index in [1.54, 1.807) is 18.0 Å². The van der Waals surface area contributed by atoms with Crippen molar-refractivity contribution >= 4 is 11.8 Å². The fraction of sp³-hybridized carbons (Fsp3) is 0.545. The highest BCUT2D eigenvalue weighted by Gasteiger charge is 2.08. The molecule has 1 unspecified atom stereocenters. The standard InChI is InChI=1S/C11H16N2OS/c1-3-5-13-10(7-12)8-15-11-4-6-14-9(11)2/h4,6,10,13H,3,5,8H2,1-2H3. The second-order valence-electron chi connectivity index (χ2n) is 3.29. The van der Waals surface area contributed by atoms with Crippen LogP contribution in [0, 0.1) is 18.3 Å². The van der Waals surface area contributed by atoms with Crippen molar-refractivity contribution < 1.29 is 4.42 Å². The molecule has 1 rings (SSSR count). The quantitative estimate of drug-likeness (QED) is 0.754. The van der Waals surface area contributed by atoms with Crippen LogP contribution in [0.25, 0.3) is 0 Å². The first-order valence-corrected chi connectivity index (χ1v) is 6.06. The number of thioether (sulfide) groups is 1. The molecule has 0 saturated heterocycles. The van der Waals surface area contributed by atoms with Crippen LogP contribution in [0.3, 0.4) is 0 Å². The van der Waals surface area contributed by atoms with E-state index in [4.69, 9.17) is 9.68 Å². The Balaban J connectivity index is 2.35. The molecule has 0 aromatic carbocycles. The van der Waals surface area contributed by atoms with Crippen molar-refractivity contribution in [3.8, 4) is 6.07 Å². The molecule has 1 aromatic heterocycles. The number of furan rings is 1. The molecule has 0 amide bonds. The van der Waals surface area contributed by atoms with Gasteiger partial charge in [-0.2, -0.15) is 5.26 Å². The Labute approximate surface area is 94.8 Å². The van der Waals surface area contributed by atoms with Gasteiger partial charge < -0.3 is 9.73 Å². The Bertz CT molecular complexity index is 330. The molecule has 1 N–H and O–H groups in total.